The third-order valence-corrected chi connectivity index (χ3v) is 10.9. The molecule has 4 heterocycles. The molecule has 2 amide bonds. The highest BCUT2D eigenvalue weighted by Gasteiger charge is 2.48. The summed E-state index contributed by atoms with van der Waals surface area (Å²) in [6.45, 7) is 8.70. The lowest BCUT2D eigenvalue weighted by Crippen LogP contribution is -2.66. The molecule has 4 aliphatic heterocycles. The van der Waals surface area contributed by atoms with E-state index in [1.54, 1.807) is 29.2 Å². The zero-order valence-electron chi connectivity index (χ0n) is 30.6. The Labute approximate surface area is 321 Å². The van der Waals surface area contributed by atoms with Crippen LogP contribution in [0.2, 0.25) is 0 Å². The maximum Gasteiger partial charge on any atom is 0.430 e. The molecule has 4 aliphatic rings. The van der Waals surface area contributed by atoms with E-state index in [4.69, 9.17) is 9.90 Å². The largest absolute Gasteiger partial charge is 0.542 e. The third-order valence-electron chi connectivity index (χ3n) is 10.9. The number of halogens is 5. The molecule has 0 aliphatic carbocycles. The van der Waals surface area contributed by atoms with Gasteiger partial charge in [-0.25, -0.2) is 8.78 Å². The number of alkyl halides is 3. The Morgan fingerprint density at radius 1 is 0.804 bits per heavy atom. The van der Waals surface area contributed by atoms with Crippen LogP contribution in [0.15, 0.2) is 97.1 Å². The monoisotopic (exact) mass is 778 g/mol. The Bertz CT molecular complexity index is 1950. The van der Waals surface area contributed by atoms with Gasteiger partial charge in [-0.3, -0.25) is 14.5 Å². The van der Waals surface area contributed by atoms with Gasteiger partial charge in [-0.1, -0.05) is 60.7 Å². The number of rotatable bonds is 12. The molecule has 2 bridgehead atoms. The molecule has 2 N–H and O–H groups in total. The number of carboxylic acids is 1. The Hall–Kier alpha value is -5.18. The predicted octanol–water partition coefficient (Wildman–Crippen LogP) is 4.99. The fraction of sp³-hybridized carbons (Fsp3) is 0.357. The Morgan fingerprint density at radius 2 is 1.32 bits per heavy atom. The van der Waals surface area contributed by atoms with E-state index in [0.29, 0.717) is 37.1 Å². The van der Waals surface area contributed by atoms with Crippen molar-refractivity contribution in [2.24, 2.45) is 5.92 Å². The summed E-state index contributed by atoms with van der Waals surface area (Å²) in [4.78, 5) is 39.3. The number of nitrogens with zero attached hydrogens (tertiary/aromatic N) is 3. The van der Waals surface area contributed by atoms with Crippen molar-refractivity contribution >= 4 is 23.5 Å². The predicted molar refractivity (Wildman–Crippen MR) is 195 cm³/mol. The van der Waals surface area contributed by atoms with Crippen LogP contribution in [-0.2, 0) is 33.9 Å². The molecule has 3 unspecified atom stereocenters. The van der Waals surface area contributed by atoms with Crippen LogP contribution in [0, 0.1) is 17.6 Å². The number of nitrogens with one attached hydrogen (secondary N) is 1. The molecule has 8 rings (SSSR count). The third kappa shape index (κ3) is 9.97. The molecule has 4 aromatic rings. The molecular weight excluding hydrogens is 735 g/mol. The van der Waals surface area contributed by atoms with E-state index in [-0.39, 0.29) is 35.4 Å². The number of anilines is 1. The highest BCUT2D eigenvalue weighted by Crippen LogP contribution is 2.46. The number of hydrogen-bond acceptors (Lipinski definition) is 6. The Morgan fingerprint density at radius 3 is 1.88 bits per heavy atom. The molecule has 0 radical (unpaired) electrons. The van der Waals surface area contributed by atoms with Crippen LogP contribution in [0.3, 0.4) is 0 Å². The first-order chi connectivity index (χ1) is 26.7. The summed E-state index contributed by atoms with van der Waals surface area (Å²) in [7, 11) is 0. The van der Waals surface area contributed by atoms with Gasteiger partial charge in [-0.05, 0) is 71.5 Å². The second-order valence-corrected chi connectivity index (χ2v) is 14.7. The minimum absolute atomic E-state index is 0.0438. The van der Waals surface area contributed by atoms with Gasteiger partial charge in [0.25, 0.3) is 0 Å². The molecule has 0 aromatic heterocycles. The minimum atomic E-state index is -5.19. The number of amides is 2. The molecule has 0 saturated carbocycles. The quantitative estimate of drug-likeness (QED) is 0.119. The molecule has 14 heteroatoms. The van der Waals surface area contributed by atoms with Gasteiger partial charge in [-0.2, -0.15) is 13.2 Å². The molecule has 296 valence electrons. The summed E-state index contributed by atoms with van der Waals surface area (Å²) in [6.07, 6.45) is -4.94. The topological polar surface area (TPSA) is 113 Å². The second-order valence-electron chi connectivity index (χ2n) is 14.7. The number of aliphatic carboxylic acids is 1. The summed E-state index contributed by atoms with van der Waals surface area (Å²) < 4.78 is 59.8. The maximum atomic E-state index is 13.7. The maximum absolute atomic E-state index is 13.7. The molecule has 56 heavy (non-hydrogen) atoms. The molecule has 4 saturated heterocycles. The Kier molecular flexibility index (Phi) is 12.5. The van der Waals surface area contributed by atoms with Crippen LogP contribution in [-0.4, -0.2) is 77.7 Å². The molecule has 3 atom stereocenters. The summed E-state index contributed by atoms with van der Waals surface area (Å²) in [5.74, 6) is -4.28. The zero-order chi connectivity index (χ0) is 40.0. The standard InChI is InChI=1S/C40H42F2N4O3.C2HF3O2/c41-33-11-9-31(10-12-33)37(47)18-17-36-39(45(40(36)49)35-15-13-34(42)14-16-35)32-7-5-29(6-8-32)26-43-38(48)25-28-1-3-30(4-2-28)27-46-22-19-44(20-23-46)21-24-46;3-2(4,5)1(6)7/h1-16,36-37,39,47H,17-27H2;(H,6,7). The summed E-state index contributed by atoms with van der Waals surface area (Å²) in [5.41, 5.74) is 5.38. The molecule has 9 nitrogen and oxygen atoms in total. The average Bonchev–Trinajstić information content (AvgIpc) is 3.18. The van der Waals surface area contributed by atoms with Gasteiger partial charge in [0.2, 0.25) is 11.8 Å². The van der Waals surface area contributed by atoms with Crippen molar-refractivity contribution in [2.45, 2.75) is 50.7 Å². The molecule has 4 fully saturated rings. The van der Waals surface area contributed by atoms with Gasteiger partial charge in [0.15, 0.2) is 0 Å². The number of carbonyl (C=O) groups is 3. The number of aliphatic hydroxyl groups excluding tert-OH is 1. The van der Waals surface area contributed by atoms with Crippen LogP contribution in [0.1, 0.15) is 52.8 Å². The first-order valence-corrected chi connectivity index (χ1v) is 18.5. The van der Waals surface area contributed by atoms with Crippen molar-refractivity contribution in [1.29, 1.82) is 0 Å². The van der Waals surface area contributed by atoms with Gasteiger partial charge in [0.05, 0.1) is 44.1 Å². The highest BCUT2D eigenvalue weighted by atomic mass is 19.4. The van der Waals surface area contributed by atoms with Gasteiger partial charge >= 0.3 is 6.18 Å². The van der Waals surface area contributed by atoms with E-state index in [1.165, 1.54) is 73.6 Å². The van der Waals surface area contributed by atoms with E-state index >= 15 is 0 Å². The van der Waals surface area contributed by atoms with Gasteiger partial charge in [-0.15, -0.1) is 0 Å². The number of carboxylic acid groups (broad SMARTS) is 1. The smallest absolute Gasteiger partial charge is 0.430 e. The lowest BCUT2D eigenvalue weighted by atomic mass is 9.78. The zero-order valence-corrected chi connectivity index (χ0v) is 30.6. The van der Waals surface area contributed by atoms with E-state index in [1.807, 2.05) is 24.3 Å². The van der Waals surface area contributed by atoms with Crippen LogP contribution in [0.25, 0.3) is 0 Å². The lowest BCUT2D eigenvalue weighted by molar-refractivity contribution is -0.953. The molecular formula is C42H43F5N4O5. The fourth-order valence-electron chi connectivity index (χ4n) is 7.69. The van der Waals surface area contributed by atoms with Gasteiger partial charge in [0, 0.05) is 37.4 Å². The number of fused-ring (bicyclic) bond motifs is 3. The van der Waals surface area contributed by atoms with Gasteiger partial charge < -0.3 is 29.7 Å². The number of piperazine rings is 3. The van der Waals surface area contributed by atoms with Crippen molar-refractivity contribution in [1.82, 2.24) is 10.2 Å². The number of aliphatic hydroxyl groups is 1. The number of β-lactam (4-membered cyclic amide) rings is 1. The van der Waals surface area contributed by atoms with E-state index in [0.717, 1.165) is 23.2 Å². The lowest BCUT2D eigenvalue weighted by Gasteiger charge is -2.50. The number of hydrogen-bond donors (Lipinski definition) is 2. The van der Waals surface area contributed by atoms with E-state index in [2.05, 4.69) is 34.5 Å². The first kappa shape index (κ1) is 40.5. The van der Waals surface area contributed by atoms with E-state index in [9.17, 15) is 36.6 Å². The minimum Gasteiger partial charge on any atom is -0.542 e. The normalized spacial score (nSPS) is 22.1. The SMILES string of the molecule is O=C(Cc1ccc(C[N+]23CCN(CC2)CC3)cc1)NCc1ccc(C2C(CCC(O)c3ccc(F)cc3)C(=O)N2c2ccc(F)cc2)cc1.O=C([O-])C(F)(F)F. The fourth-order valence-corrected chi connectivity index (χ4v) is 7.69. The summed E-state index contributed by atoms with van der Waals surface area (Å²) in [5, 5.41) is 22.6. The molecule has 0 spiro atoms. The van der Waals surface area contributed by atoms with Crippen LogP contribution in [0.4, 0.5) is 27.6 Å². The molecule has 4 aromatic carbocycles. The van der Waals surface area contributed by atoms with Crippen molar-refractivity contribution in [3.05, 3.63) is 137 Å². The second kappa shape index (κ2) is 17.3. The average molecular weight is 779 g/mol. The van der Waals surface area contributed by atoms with Crippen LogP contribution < -0.4 is 15.3 Å². The van der Waals surface area contributed by atoms with Crippen molar-refractivity contribution in [3.8, 4) is 0 Å². The number of quaternary nitrogens is 1. The van der Waals surface area contributed by atoms with Crippen LogP contribution >= 0.6 is 0 Å². The number of benzene rings is 4. The highest BCUT2D eigenvalue weighted by molar-refractivity contribution is 6.03. The van der Waals surface area contributed by atoms with Crippen molar-refractivity contribution in [2.75, 3.05) is 44.2 Å². The van der Waals surface area contributed by atoms with Crippen LogP contribution in [0.5, 0.6) is 0 Å². The number of carbonyl (C=O) groups excluding carboxylic acids is 3. The summed E-state index contributed by atoms with van der Waals surface area (Å²) >= 11 is 0. The first-order valence-electron chi connectivity index (χ1n) is 18.5. The Balaban J connectivity index is 0.000000695. The van der Waals surface area contributed by atoms with Crippen molar-refractivity contribution in [3.63, 3.8) is 0 Å². The van der Waals surface area contributed by atoms with Gasteiger partial charge in [0.1, 0.15) is 24.1 Å². The van der Waals surface area contributed by atoms with E-state index < -0.39 is 18.2 Å². The summed E-state index contributed by atoms with van der Waals surface area (Å²) in [6, 6.07) is 27.6. The van der Waals surface area contributed by atoms with Crippen molar-refractivity contribution < 1.29 is 51.0 Å².